The van der Waals surface area contributed by atoms with Crippen LogP contribution in [0.4, 0.5) is 0 Å². The fourth-order valence-corrected chi connectivity index (χ4v) is 1.04. The molecule has 4 heteroatoms. The molecule has 0 bridgehead atoms. The van der Waals surface area contributed by atoms with Crippen LogP contribution in [0.15, 0.2) is 11.3 Å². The van der Waals surface area contributed by atoms with Gasteiger partial charge in [0.25, 0.3) is 0 Å². The maximum Gasteiger partial charge on any atom is 0.106 e. The molecule has 66 valence electrons. The Morgan fingerprint density at radius 1 is 1.67 bits per heavy atom. The summed E-state index contributed by atoms with van der Waals surface area (Å²) in [6.45, 7) is 2.57. The highest BCUT2D eigenvalue weighted by Crippen LogP contribution is 2.02. The van der Waals surface area contributed by atoms with E-state index in [9.17, 15) is 0 Å². The van der Waals surface area contributed by atoms with Crippen LogP contribution in [0.2, 0.25) is 0 Å². The monoisotopic (exact) mass is 166 g/mol. The smallest absolute Gasteiger partial charge is 0.106 e. The molecule has 0 atom stereocenters. The Bertz CT molecular complexity index is 241. The van der Waals surface area contributed by atoms with Crippen molar-refractivity contribution in [3.63, 3.8) is 0 Å². The standard InChI is InChI=1S/C8H14N4/c1-2-3-4-8-10-5-7(12-8)6-11-9/h5,9H,2-4,6H2,1H3,(H,10,12). The molecule has 0 saturated carbocycles. The third kappa shape index (κ3) is 2.45. The minimum Gasteiger partial charge on any atom is -0.344 e. The van der Waals surface area contributed by atoms with Crippen LogP contribution in [0.25, 0.3) is 0 Å². The second kappa shape index (κ2) is 4.64. The summed E-state index contributed by atoms with van der Waals surface area (Å²) < 4.78 is 0. The Morgan fingerprint density at radius 2 is 2.50 bits per heavy atom. The minimum atomic E-state index is 0.416. The van der Waals surface area contributed by atoms with Crippen LogP contribution < -0.4 is 0 Å². The molecular formula is C8H14N4. The van der Waals surface area contributed by atoms with Crippen LogP contribution in [0.5, 0.6) is 0 Å². The van der Waals surface area contributed by atoms with E-state index in [0.717, 1.165) is 24.4 Å². The first-order valence-electron chi connectivity index (χ1n) is 4.22. The second-order valence-electron chi connectivity index (χ2n) is 2.77. The number of aromatic amines is 1. The van der Waals surface area contributed by atoms with E-state index >= 15 is 0 Å². The fourth-order valence-electron chi connectivity index (χ4n) is 1.04. The van der Waals surface area contributed by atoms with E-state index in [4.69, 9.17) is 5.53 Å². The highest BCUT2D eigenvalue weighted by molar-refractivity contribution is 5.00. The maximum atomic E-state index is 6.66. The SMILES string of the molecule is CCCCc1ncc(CN=N)[nH]1. The first kappa shape index (κ1) is 8.90. The molecule has 1 aromatic heterocycles. The molecule has 0 aliphatic heterocycles. The van der Waals surface area contributed by atoms with E-state index in [1.165, 1.54) is 6.42 Å². The van der Waals surface area contributed by atoms with Crippen molar-refractivity contribution < 1.29 is 0 Å². The van der Waals surface area contributed by atoms with Crippen molar-refractivity contribution in [3.05, 3.63) is 17.7 Å². The lowest BCUT2D eigenvalue weighted by atomic mass is 10.2. The lowest BCUT2D eigenvalue weighted by Gasteiger charge is -1.92. The van der Waals surface area contributed by atoms with Crippen molar-refractivity contribution in [3.8, 4) is 0 Å². The number of hydrogen-bond acceptors (Lipinski definition) is 3. The van der Waals surface area contributed by atoms with E-state index in [1.54, 1.807) is 6.20 Å². The normalized spacial score (nSPS) is 10.1. The first-order valence-corrected chi connectivity index (χ1v) is 4.22. The zero-order valence-corrected chi connectivity index (χ0v) is 7.30. The molecule has 0 fully saturated rings. The second-order valence-corrected chi connectivity index (χ2v) is 2.77. The highest BCUT2D eigenvalue weighted by Gasteiger charge is 1.98. The van der Waals surface area contributed by atoms with E-state index in [2.05, 4.69) is 22.0 Å². The van der Waals surface area contributed by atoms with Crippen molar-refractivity contribution in [1.82, 2.24) is 9.97 Å². The van der Waals surface area contributed by atoms with E-state index in [0.29, 0.717) is 6.54 Å². The van der Waals surface area contributed by atoms with Gasteiger partial charge in [-0.15, -0.1) is 0 Å². The van der Waals surface area contributed by atoms with Gasteiger partial charge in [0.1, 0.15) is 12.4 Å². The Balaban J connectivity index is 2.46. The summed E-state index contributed by atoms with van der Waals surface area (Å²) in [5, 5.41) is 3.28. The Kier molecular flexibility index (Phi) is 3.44. The fraction of sp³-hybridized carbons (Fsp3) is 0.625. The van der Waals surface area contributed by atoms with E-state index in [-0.39, 0.29) is 0 Å². The van der Waals surface area contributed by atoms with Gasteiger partial charge >= 0.3 is 0 Å². The lowest BCUT2D eigenvalue weighted by molar-refractivity contribution is 0.758. The third-order valence-electron chi connectivity index (χ3n) is 1.70. The van der Waals surface area contributed by atoms with Gasteiger partial charge in [-0.2, -0.15) is 5.11 Å². The summed E-state index contributed by atoms with van der Waals surface area (Å²) in [7, 11) is 0. The molecule has 0 aliphatic rings. The average molecular weight is 166 g/mol. The molecule has 12 heavy (non-hydrogen) atoms. The largest absolute Gasteiger partial charge is 0.344 e. The molecule has 0 aromatic carbocycles. The van der Waals surface area contributed by atoms with E-state index < -0.39 is 0 Å². The summed E-state index contributed by atoms with van der Waals surface area (Å²) in [6.07, 6.45) is 5.08. The van der Waals surface area contributed by atoms with Gasteiger partial charge in [-0.25, -0.2) is 10.5 Å². The summed E-state index contributed by atoms with van der Waals surface area (Å²) in [5.41, 5.74) is 7.59. The van der Waals surface area contributed by atoms with Crippen LogP contribution in [0, 0.1) is 5.53 Å². The number of aryl methyl sites for hydroxylation is 1. The Morgan fingerprint density at radius 3 is 3.17 bits per heavy atom. The van der Waals surface area contributed by atoms with Gasteiger partial charge in [-0.05, 0) is 6.42 Å². The number of nitrogens with zero attached hydrogens (tertiary/aromatic N) is 2. The summed E-state index contributed by atoms with van der Waals surface area (Å²) >= 11 is 0. The van der Waals surface area contributed by atoms with Crippen molar-refractivity contribution in [2.75, 3.05) is 0 Å². The van der Waals surface area contributed by atoms with Crippen molar-refractivity contribution in [2.24, 2.45) is 5.11 Å². The molecule has 0 saturated heterocycles. The number of unbranched alkanes of at least 4 members (excludes halogenated alkanes) is 1. The van der Waals surface area contributed by atoms with Crippen LogP contribution in [-0.4, -0.2) is 9.97 Å². The van der Waals surface area contributed by atoms with Crippen molar-refractivity contribution >= 4 is 0 Å². The zero-order valence-electron chi connectivity index (χ0n) is 7.30. The van der Waals surface area contributed by atoms with Crippen LogP contribution in [0.3, 0.4) is 0 Å². The molecular weight excluding hydrogens is 152 g/mol. The first-order chi connectivity index (χ1) is 5.86. The van der Waals surface area contributed by atoms with E-state index in [1.807, 2.05) is 0 Å². The molecule has 2 N–H and O–H groups in total. The maximum absolute atomic E-state index is 6.66. The predicted octanol–water partition coefficient (Wildman–Crippen LogP) is 2.28. The average Bonchev–Trinajstić information content (AvgIpc) is 2.50. The molecule has 1 aromatic rings. The van der Waals surface area contributed by atoms with Gasteiger partial charge in [0.05, 0.1) is 11.9 Å². The number of rotatable bonds is 5. The van der Waals surface area contributed by atoms with Gasteiger partial charge in [-0.1, -0.05) is 13.3 Å². The molecule has 0 amide bonds. The third-order valence-corrected chi connectivity index (χ3v) is 1.70. The molecule has 1 rings (SSSR count). The molecule has 1 heterocycles. The van der Waals surface area contributed by atoms with Crippen LogP contribution in [0.1, 0.15) is 31.3 Å². The van der Waals surface area contributed by atoms with Gasteiger partial charge in [0.15, 0.2) is 0 Å². The molecule has 0 spiro atoms. The van der Waals surface area contributed by atoms with Gasteiger partial charge in [0.2, 0.25) is 0 Å². The van der Waals surface area contributed by atoms with Gasteiger partial charge in [-0.3, -0.25) is 0 Å². The van der Waals surface area contributed by atoms with Gasteiger partial charge in [0, 0.05) is 6.42 Å². The molecule has 0 radical (unpaired) electrons. The number of H-pyrrole nitrogens is 1. The van der Waals surface area contributed by atoms with Crippen LogP contribution >= 0.6 is 0 Å². The van der Waals surface area contributed by atoms with Crippen molar-refractivity contribution in [2.45, 2.75) is 32.7 Å². The highest BCUT2D eigenvalue weighted by atomic mass is 15.0. The van der Waals surface area contributed by atoms with Crippen LogP contribution in [-0.2, 0) is 13.0 Å². The lowest BCUT2D eigenvalue weighted by Crippen LogP contribution is -1.87. The van der Waals surface area contributed by atoms with Gasteiger partial charge < -0.3 is 4.98 Å². The summed E-state index contributed by atoms with van der Waals surface area (Å²) in [4.78, 5) is 7.30. The Labute approximate surface area is 71.9 Å². The molecule has 4 nitrogen and oxygen atoms in total. The molecule has 0 unspecified atom stereocenters. The summed E-state index contributed by atoms with van der Waals surface area (Å²) in [6, 6.07) is 0. The van der Waals surface area contributed by atoms with Crippen molar-refractivity contribution in [1.29, 1.82) is 5.53 Å². The predicted molar refractivity (Wildman–Crippen MR) is 46.1 cm³/mol. The number of imidazole rings is 1. The zero-order chi connectivity index (χ0) is 8.81. The number of nitrogens with one attached hydrogen (secondary N) is 2. The minimum absolute atomic E-state index is 0.416. The quantitative estimate of drug-likeness (QED) is 0.647. The topological polar surface area (TPSA) is 64.9 Å². The summed E-state index contributed by atoms with van der Waals surface area (Å²) in [5.74, 6) is 1.01. The number of hydrogen-bond donors (Lipinski definition) is 2. The Hall–Kier alpha value is -1.19. The number of aromatic nitrogens is 2. The molecule has 0 aliphatic carbocycles.